The molecule has 0 bridgehead atoms. The number of nitrogens with zero attached hydrogens (tertiary/aromatic N) is 1. The van der Waals surface area contributed by atoms with E-state index in [0.29, 0.717) is 13.1 Å². The van der Waals surface area contributed by atoms with Gasteiger partial charge in [0.1, 0.15) is 0 Å². The highest BCUT2D eigenvalue weighted by Gasteiger charge is 2.18. The number of carbonyl (C=O) groups excluding carboxylic acids is 1. The molecule has 2 N–H and O–H groups in total. The minimum Gasteiger partial charge on any atom is -0.327 e. The molecule has 1 fully saturated rings. The first kappa shape index (κ1) is 17.5. The van der Waals surface area contributed by atoms with E-state index in [9.17, 15) is 4.79 Å². The molecule has 0 atom stereocenters. The number of rotatable bonds is 6. The van der Waals surface area contributed by atoms with Gasteiger partial charge in [-0.05, 0) is 43.4 Å². The van der Waals surface area contributed by atoms with Gasteiger partial charge in [-0.3, -0.25) is 15.2 Å². The van der Waals surface area contributed by atoms with Crippen LogP contribution in [0.3, 0.4) is 0 Å². The molecule has 2 aromatic rings. The van der Waals surface area contributed by atoms with Gasteiger partial charge in [-0.25, -0.2) is 0 Å². The highest BCUT2D eigenvalue weighted by Crippen LogP contribution is 2.14. The zero-order valence-electron chi connectivity index (χ0n) is 14.8. The molecule has 0 aromatic heterocycles. The van der Waals surface area contributed by atoms with E-state index in [-0.39, 0.29) is 5.91 Å². The van der Waals surface area contributed by atoms with Crippen molar-refractivity contribution in [1.82, 2.24) is 5.43 Å². The van der Waals surface area contributed by atoms with Crippen molar-refractivity contribution in [3.8, 4) is 0 Å². The van der Waals surface area contributed by atoms with Crippen LogP contribution in [0.15, 0.2) is 60.7 Å². The first-order valence-corrected chi connectivity index (χ1v) is 9.31. The molecule has 0 aliphatic carbocycles. The number of benzene rings is 2. The number of nitrogens with one attached hydrogen (secondary N) is 2. The normalized spacial score (nSPS) is 15.4. The van der Waals surface area contributed by atoms with Crippen LogP contribution in [0, 0.1) is 0 Å². The molecule has 0 saturated carbocycles. The minimum atomic E-state index is 0.0942. The van der Waals surface area contributed by atoms with Gasteiger partial charge in [0.2, 0.25) is 0 Å². The van der Waals surface area contributed by atoms with Crippen LogP contribution in [0.25, 0.3) is 0 Å². The Morgan fingerprint density at radius 1 is 0.880 bits per heavy atom. The lowest BCUT2D eigenvalue weighted by Crippen LogP contribution is -3.13. The molecule has 2 aromatic carbocycles. The van der Waals surface area contributed by atoms with Crippen molar-refractivity contribution < 1.29 is 9.69 Å². The first-order chi connectivity index (χ1) is 12.3. The number of likely N-dealkylation sites (tertiary alicyclic amines) is 1. The molecule has 1 aliphatic rings. The van der Waals surface area contributed by atoms with Gasteiger partial charge in [0.25, 0.3) is 5.91 Å². The van der Waals surface area contributed by atoms with Gasteiger partial charge in [-0.2, -0.15) is 0 Å². The van der Waals surface area contributed by atoms with Crippen LogP contribution in [0.4, 0.5) is 5.69 Å². The molecule has 132 valence electrons. The van der Waals surface area contributed by atoms with Crippen molar-refractivity contribution in [3.05, 3.63) is 66.2 Å². The number of hydrogen-bond donors (Lipinski definition) is 2. The average molecular weight is 338 g/mol. The summed E-state index contributed by atoms with van der Waals surface area (Å²) in [5.41, 5.74) is 5.30. The molecular weight excluding hydrogens is 310 g/mol. The van der Waals surface area contributed by atoms with Crippen LogP contribution in [0.2, 0.25) is 0 Å². The topological polar surface area (TPSA) is 36.8 Å². The van der Waals surface area contributed by atoms with Crippen LogP contribution in [0.5, 0.6) is 0 Å². The van der Waals surface area contributed by atoms with Gasteiger partial charge in [-0.15, -0.1) is 0 Å². The molecule has 4 nitrogen and oxygen atoms in total. The van der Waals surface area contributed by atoms with Gasteiger partial charge in [0, 0.05) is 0 Å². The quantitative estimate of drug-likeness (QED) is 0.792. The molecule has 1 aliphatic heterocycles. The standard InChI is InChI=1S/C21H27N3O/c25-21(18-23-15-9-1-2-10-16-23)22-24(20-13-7-4-8-14-20)17-19-11-5-3-6-12-19/h3-8,11-14H,1-2,9-10,15-18H2,(H,22,25)/p+1. The van der Waals surface area contributed by atoms with E-state index in [1.165, 1.54) is 36.1 Å². The molecular formula is C21H28N3O+. The molecule has 0 spiro atoms. The highest BCUT2D eigenvalue weighted by atomic mass is 16.2. The van der Waals surface area contributed by atoms with Crippen LogP contribution in [0.1, 0.15) is 31.2 Å². The number of anilines is 1. The molecule has 0 radical (unpaired) electrons. The van der Waals surface area contributed by atoms with Gasteiger partial charge in [0.15, 0.2) is 6.54 Å². The Morgan fingerprint density at radius 3 is 2.12 bits per heavy atom. The third-order valence-electron chi connectivity index (χ3n) is 4.73. The lowest BCUT2D eigenvalue weighted by Gasteiger charge is -2.26. The number of hydrogen-bond acceptors (Lipinski definition) is 2. The fourth-order valence-corrected chi connectivity index (χ4v) is 3.39. The maximum absolute atomic E-state index is 12.6. The van der Waals surface area contributed by atoms with Gasteiger partial charge in [0.05, 0.1) is 25.3 Å². The van der Waals surface area contributed by atoms with E-state index in [1.807, 2.05) is 53.5 Å². The van der Waals surface area contributed by atoms with Gasteiger partial charge >= 0.3 is 0 Å². The molecule has 25 heavy (non-hydrogen) atoms. The summed E-state index contributed by atoms with van der Waals surface area (Å²) < 4.78 is 0. The zero-order chi connectivity index (χ0) is 17.3. The summed E-state index contributed by atoms with van der Waals surface area (Å²) in [5, 5.41) is 1.95. The Balaban J connectivity index is 1.65. The van der Waals surface area contributed by atoms with Crippen molar-refractivity contribution in [2.75, 3.05) is 24.6 Å². The predicted octanol–water partition coefficient (Wildman–Crippen LogP) is 2.18. The largest absolute Gasteiger partial charge is 0.327 e. The van der Waals surface area contributed by atoms with Crippen molar-refractivity contribution in [2.24, 2.45) is 0 Å². The van der Waals surface area contributed by atoms with E-state index >= 15 is 0 Å². The van der Waals surface area contributed by atoms with E-state index in [2.05, 4.69) is 17.6 Å². The lowest BCUT2D eigenvalue weighted by atomic mass is 10.2. The third kappa shape index (κ3) is 5.61. The lowest BCUT2D eigenvalue weighted by molar-refractivity contribution is -0.891. The Kier molecular flexibility index (Phi) is 6.46. The second-order valence-electron chi connectivity index (χ2n) is 6.78. The first-order valence-electron chi connectivity index (χ1n) is 9.31. The molecule has 1 heterocycles. The monoisotopic (exact) mass is 338 g/mol. The molecule has 1 amide bonds. The van der Waals surface area contributed by atoms with Gasteiger partial charge < -0.3 is 4.90 Å². The summed E-state index contributed by atoms with van der Waals surface area (Å²) in [6, 6.07) is 20.3. The second-order valence-corrected chi connectivity index (χ2v) is 6.78. The smallest absolute Gasteiger partial charge is 0.293 e. The Morgan fingerprint density at radius 2 is 1.48 bits per heavy atom. The fraction of sp³-hybridized carbons (Fsp3) is 0.381. The number of carbonyl (C=O) groups is 1. The SMILES string of the molecule is O=C(C[NH+]1CCCCCC1)NN(Cc1ccccc1)c1ccccc1. The van der Waals surface area contributed by atoms with E-state index in [1.54, 1.807) is 0 Å². The molecule has 0 unspecified atom stereocenters. The summed E-state index contributed by atoms with van der Waals surface area (Å²) >= 11 is 0. The number of quaternary nitrogens is 1. The van der Waals surface area contributed by atoms with Crippen molar-refractivity contribution in [3.63, 3.8) is 0 Å². The van der Waals surface area contributed by atoms with Crippen molar-refractivity contribution in [1.29, 1.82) is 0 Å². The maximum Gasteiger partial charge on any atom is 0.293 e. The Bertz CT molecular complexity index is 637. The van der Waals surface area contributed by atoms with Crippen LogP contribution in [-0.4, -0.2) is 25.5 Å². The average Bonchev–Trinajstić information content (AvgIpc) is 2.91. The highest BCUT2D eigenvalue weighted by molar-refractivity contribution is 5.78. The van der Waals surface area contributed by atoms with Gasteiger partial charge in [-0.1, -0.05) is 48.5 Å². The number of hydrazine groups is 1. The summed E-state index contributed by atoms with van der Waals surface area (Å²) in [4.78, 5) is 14.0. The van der Waals surface area contributed by atoms with Crippen LogP contribution >= 0.6 is 0 Å². The summed E-state index contributed by atoms with van der Waals surface area (Å²) in [6.07, 6.45) is 5.06. The van der Waals surface area contributed by atoms with Crippen molar-refractivity contribution >= 4 is 11.6 Å². The maximum atomic E-state index is 12.6. The molecule has 4 heteroatoms. The van der Waals surface area contributed by atoms with E-state index in [0.717, 1.165) is 18.8 Å². The summed E-state index contributed by atoms with van der Waals surface area (Å²) in [5.74, 6) is 0.0942. The minimum absolute atomic E-state index is 0.0942. The molecule has 3 rings (SSSR count). The van der Waals surface area contributed by atoms with Crippen LogP contribution in [-0.2, 0) is 11.3 Å². The summed E-state index contributed by atoms with van der Waals surface area (Å²) in [7, 11) is 0. The molecule has 1 saturated heterocycles. The second kappa shape index (κ2) is 9.23. The predicted molar refractivity (Wildman–Crippen MR) is 101 cm³/mol. The summed E-state index contributed by atoms with van der Waals surface area (Å²) in [6.45, 7) is 3.43. The van der Waals surface area contributed by atoms with Crippen LogP contribution < -0.4 is 15.3 Å². The number of para-hydroxylation sites is 1. The Labute approximate surface area is 150 Å². The third-order valence-corrected chi connectivity index (χ3v) is 4.73. The van der Waals surface area contributed by atoms with Crippen molar-refractivity contribution in [2.45, 2.75) is 32.2 Å². The van der Waals surface area contributed by atoms with E-state index in [4.69, 9.17) is 0 Å². The zero-order valence-corrected chi connectivity index (χ0v) is 14.8. The Hall–Kier alpha value is -2.33. The van der Waals surface area contributed by atoms with E-state index < -0.39 is 0 Å². The number of amides is 1. The fourth-order valence-electron chi connectivity index (χ4n) is 3.39.